The maximum atomic E-state index is 12.9. The van der Waals surface area contributed by atoms with Crippen LogP contribution >= 0.6 is 11.8 Å². The van der Waals surface area contributed by atoms with Gasteiger partial charge in [0.1, 0.15) is 0 Å². The van der Waals surface area contributed by atoms with Crippen LogP contribution in [0.2, 0.25) is 0 Å². The molecule has 0 radical (unpaired) electrons. The van der Waals surface area contributed by atoms with Gasteiger partial charge in [-0.2, -0.15) is 4.72 Å². The van der Waals surface area contributed by atoms with Crippen LogP contribution in [0.1, 0.15) is 22.7 Å². The number of hydrogen-bond donors (Lipinski definition) is 1. The molecule has 3 rings (SSSR count). The topological polar surface area (TPSA) is 46.2 Å². The predicted molar refractivity (Wildman–Crippen MR) is 108 cm³/mol. The van der Waals surface area contributed by atoms with E-state index in [2.05, 4.69) is 4.72 Å². The summed E-state index contributed by atoms with van der Waals surface area (Å²) in [6, 6.07) is 24.0. The molecule has 0 saturated carbocycles. The van der Waals surface area contributed by atoms with Crippen molar-refractivity contribution in [3.05, 3.63) is 95.6 Å². The lowest BCUT2D eigenvalue weighted by Gasteiger charge is -2.20. The van der Waals surface area contributed by atoms with Gasteiger partial charge >= 0.3 is 0 Å². The number of hydrogen-bond acceptors (Lipinski definition) is 3. The highest BCUT2D eigenvalue weighted by Crippen LogP contribution is 2.25. The van der Waals surface area contributed by atoms with Gasteiger partial charge in [0.2, 0.25) is 10.0 Å². The molecule has 3 nitrogen and oxygen atoms in total. The van der Waals surface area contributed by atoms with Gasteiger partial charge in [-0.3, -0.25) is 0 Å². The van der Waals surface area contributed by atoms with Crippen molar-refractivity contribution in [1.82, 2.24) is 4.72 Å². The number of sulfonamides is 1. The molecule has 26 heavy (non-hydrogen) atoms. The van der Waals surface area contributed by atoms with E-state index in [0.717, 1.165) is 21.6 Å². The van der Waals surface area contributed by atoms with Gasteiger partial charge in [-0.25, -0.2) is 8.42 Å². The second kappa shape index (κ2) is 8.08. The first kappa shape index (κ1) is 18.7. The van der Waals surface area contributed by atoms with E-state index in [1.807, 2.05) is 79.9 Å². The molecule has 0 aliphatic rings. The van der Waals surface area contributed by atoms with Gasteiger partial charge in [0.15, 0.2) is 0 Å². The fourth-order valence-electron chi connectivity index (χ4n) is 2.71. The van der Waals surface area contributed by atoms with Crippen molar-refractivity contribution in [3.63, 3.8) is 0 Å². The highest BCUT2D eigenvalue weighted by Gasteiger charge is 2.22. The van der Waals surface area contributed by atoms with Crippen molar-refractivity contribution in [2.24, 2.45) is 0 Å². The van der Waals surface area contributed by atoms with E-state index >= 15 is 0 Å². The summed E-state index contributed by atoms with van der Waals surface area (Å²) < 4.78 is 28.7. The van der Waals surface area contributed by atoms with Crippen molar-refractivity contribution >= 4 is 21.8 Å². The molecule has 3 aromatic rings. The van der Waals surface area contributed by atoms with Crippen molar-refractivity contribution in [1.29, 1.82) is 0 Å². The molecule has 5 heteroatoms. The fourth-order valence-corrected chi connectivity index (χ4v) is 4.33. The van der Waals surface area contributed by atoms with E-state index < -0.39 is 16.1 Å². The summed E-state index contributed by atoms with van der Waals surface area (Å²) in [7, 11) is -3.65. The monoisotopic (exact) mass is 383 g/mol. The van der Waals surface area contributed by atoms with E-state index in [1.165, 1.54) is 0 Å². The van der Waals surface area contributed by atoms with Crippen molar-refractivity contribution in [2.75, 3.05) is 6.26 Å². The molecule has 0 bridgehead atoms. The summed E-state index contributed by atoms with van der Waals surface area (Å²) in [5.41, 5.74) is 2.95. The van der Waals surface area contributed by atoms with E-state index in [4.69, 9.17) is 0 Å². The maximum absolute atomic E-state index is 12.9. The Balaban J connectivity index is 1.98. The molecule has 0 saturated heterocycles. The smallest absolute Gasteiger partial charge is 0.207 e. The summed E-state index contributed by atoms with van der Waals surface area (Å²) >= 11 is 1.58. The zero-order valence-corrected chi connectivity index (χ0v) is 16.3. The minimum absolute atomic E-state index is 0.267. The van der Waals surface area contributed by atoms with E-state index in [0.29, 0.717) is 0 Å². The molecular formula is C21H21NO2S2. The zero-order chi connectivity index (χ0) is 18.6. The third-order valence-electron chi connectivity index (χ3n) is 4.19. The fraction of sp³-hybridized carbons (Fsp3) is 0.143. The van der Waals surface area contributed by atoms with Crippen LogP contribution in [0.25, 0.3) is 0 Å². The van der Waals surface area contributed by atoms with Crippen LogP contribution < -0.4 is 4.72 Å². The standard InChI is InChI=1S/C21H21NO2S2/c1-16-8-10-18(11-9-16)21(17-6-4-3-5-7-17)22-26(23,24)20-14-12-19(25-2)13-15-20/h3-15,21-22H,1-2H3. The molecule has 0 fully saturated rings. The first-order valence-corrected chi connectivity index (χ1v) is 11.0. The predicted octanol–water partition coefficient (Wildman–Crippen LogP) is 4.78. The SMILES string of the molecule is CSc1ccc(S(=O)(=O)NC(c2ccccc2)c2ccc(C)cc2)cc1. The lowest BCUT2D eigenvalue weighted by atomic mass is 9.99. The van der Waals surface area contributed by atoms with E-state index in [-0.39, 0.29) is 4.90 Å². The molecule has 0 aliphatic carbocycles. The molecule has 1 unspecified atom stereocenters. The Bertz CT molecular complexity index is 951. The number of benzene rings is 3. The van der Waals surface area contributed by atoms with Gasteiger partial charge in [0, 0.05) is 4.90 Å². The Labute approximate surface area is 159 Å². The summed E-state index contributed by atoms with van der Waals surface area (Å²) in [6.07, 6.45) is 1.96. The molecule has 1 atom stereocenters. The number of aryl methyl sites for hydroxylation is 1. The summed E-state index contributed by atoms with van der Waals surface area (Å²) in [5.74, 6) is 0. The molecule has 1 N–H and O–H groups in total. The summed E-state index contributed by atoms with van der Waals surface area (Å²) in [6.45, 7) is 2.01. The highest BCUT2D eigenvalue weighted by molar-refractivity contribution is 7.98. The Morgan fingerprint density at radius 2 is 1.38 bits per heavy atom. The van der Waals surface area contributed by atoms with Crippen LogP contribution in [-0.4, -0.2) is 14.7 Å². The number of thioether (sulfide) groups is 1. The number of rotatable bonds is 6. The van der Waals surface area contributed by atoms with Gasteiger partial charge in [-0.05, 0) is 48.6 Å². The lowest BCUT2D eigenvalue weighted by molar-refractivity contribution is 0.572. The molecule has 0 spiro atoms. The minimum Gasteiger partial charge on any atom is -0.207 e. The average Bonchev–Trinajstić information content (AvgIpc) is 2.68. The molecule has 3 aromatic carbocycles. The maximum Gasteiger partial charge on any atom is 0.241 e. The second-order valence-corrected chi connectivity index (χ2v) is 8.64. The largest absolute Gasteiger partial charge is 0.241 e. The Morgan fingerprint density at radius 1 is 0.808 bits per heavy atom. The third-order valence-corrected chi connectivity index (χ3v) is 6.37. The minimum atomic E-state index is -3.65. The van der Waals surface area contributed by atoms with Crippen LogP contribution in [-0.2, 0) is 10.0 Å². The molecule has 0 heterocycles. The second-order valence-electron chi connectivity index (χ2n) is 6.05. The van der Waals surface area contributed by atoms with Crippen LogP contribution in [0.3, 0.4) is 0 Å². The quantitative estimate of drug-likeness (QED) is 0.623. The number of nitrogens with one attached hydrogen (secondary N) is 1. The lowest BCUT2D eigenvalue weighted by Crippen LogP contribution is -2.29. The first-order chi connectivity index (χ1) is 12.5. The third kappa shape index (κ3) is 4.36. The van der Waals surface area contributed by atoms with Crippen LogP contribution in [0, 0.1) is 6.92 Å². The van der Waals surface area contributed by atoms with Gasteiger partial charge in [-0.1, -0.05) is 60.2 Å². The van der Waals surface area contributed by atoms with Crippen molar-refractivity contribution in [2.45, 2.75) is 22.8 Å². The molecule has 0 aromatic heterocycles. The molecule has 0 aliphatic heterocycles. The van der Waals surface area contributed by atoms with Crippen LogP contribution in [0.5, 0.6) is 0 Å². The van der Waals surface area contributed by atoms with Crippen LogP contribution in [0.4, 0.5) is 0 Å². The Morgan fingerprint density at radius 3 is 1.96 bits per heavy atom. The molecular weight excluding hydrogens is 362 g/mol. The van der Waals surface area contributed by atoms with Crippen LogP contribution in [0.15, 0.2) is 88.7 Å². The Kier molecular flexibility index (Phi) is 5.81. The van der Waals surface area contributed by atoms with Gasteiger partial charge in [-0.15, -0.1) is 11.8 Å². The van der Waals surface area contributed by atoms with Crippen molar-refractivity contribution < 1.29 is 8.42 Å². The first-order valence-electron chi connectivity index (χ1n) is 8.27. The zero-order valence-electron chi connectivity index (χ0n) is 14.7. The Hall–Kier alpha value is -2.08. The van der Waals surface area contributed by atoms with E-state index in [1.54, 1.807) is 23.9 Å². The van der Waals surface area contributed by atoms with Crippen molar-refractivity contribution in [3.8, 4) is 0 Å². The molecule has 134 valence electrons. The van der Waals surface area contributed by atoms with Gasteiger partial charge in [0.05, 0.1) is 10.9 Å². The molecule has 0 amide bonds. The summed E-state index contributed by atoms with van der Waals surface area (Å²) in [4.78, 5) is 1.30. The normalized spacial score (nSPS) is 12.7. The summed E-state index contributed by atoms with van der Waals surface area (Å²) in [5, 5.41) is 0. The highest BCUT2D eigenvalue weighted by atomic mass is 32.2. The van der Waals surface area contributed by atoms with Gasteiger partial charge in [0.25, 0.3) is 0 Å². The van der Waals surface area contributed by atoms with E-state index in [9.17, 15) is 8.42 Å². The average molecular weight is 384 g/mol. The van der Waals surface area contributed by atoms with Gasteiger partial charge < -0.3 is 0 Å².